The first-order valence-electron chi connectivity index (χ1n) is 21.6. The average Bonchev–Trinajstić information content (AvgIpc) is 3.43. The Morgan fingerprint density at radius 1 is 0.935 bits per heavy atom. The number of Topliss-reactive ketones (excluding diaryl/α,β-unsaturated/α-hetero) is 1. The molecule has 5 N–H and O–H groups in total. The summed E-state index contributed by atoms with van der Waals surface area (Å²) in [4.78, 5) is 54.8. The number of aliphatic hydroxyl groups is 3. The normalized spacial score (nSPS) is 40.2. The molecule has 1 spiro atoms. The first-order valence-corrected chi connectivity index (χ1v) is 21.6. The van der Waals surface area contributed by atoms with Crippen molar-refractivity contribution in [2.75, 3.05) is 7.11 Å². The molecule has 0 amide bonds. The molecule has 0 aromatic heterocycles. The van der Waals surface area contributed by atoms with Gasteiger partial charge >= 0.3 is 17.9 Å². The number of ketones is 1. The average molecular weight is 861 g/mol. The van der Waals surface area contributed by atoms with Gasteiger partial charge in [-0.15, -0.1) is 0 Å². The largest absolute Gasteiger partial charge is 0.511 e. The third kappa shape index (κ3) is 7.40. The Morgan fingerprint density at radius 2 is 1.65 bits per heavy atom. The van der Waals surface area contributed by atoms with Crippen LogP contribution in [0.1, 0.15) is 96.5 Å². The third-order valence-electron chi connectivity index (χ3n) is 14.7. The van der Waals surface area contributed by atoms with Crippen LogP contribution in [0.5, 0.6) is 11.5 Å². The molecule has 2 aliphatic heterocycles. The Hall–Kier alpha value is -4.76. The number of hydrogen-bond acceptors (Lipinski definition) is 13. The summed E-state index contributed by atoms with van der Waals surface area (Å²) in [6.45, 7) is 14.7. The van der Waals surface area contributed by atoms with Gasteiger partial charge in [-0.1, -0.05) is 61.8 Å². The summed E-state index contributed by atoms with van der Waals surface area (Å²) >= 11 is 0. The Balaban J connectivity index is 1.23. The van der Waals surface area contributed by atoms with Crippen molar-refractivity contribution in [3.05, 3.63) is 81.2 Å². The van der Waals surface area contributed by atoms with E-state index >= 15 is 0 Å². The van der Waals surface area contributed by atoms with Crippen LogP contribution in [0.25, 0.3) is 0 Å². The molecule has 14 heteroatoms. The van der Waals surface area contributed by atoms with E-state index in [0.29, 0.717) is 37.0 Å². The lowest BCUT2D eigenvalue weighted by molar-refractivity contribution is -0.311. The maximum absolute atomic E-state index is 15.0. The summed E-state index contributed by atoms with van der Waals surface area (Å²) in [6.07, 6.45) is 2.32. The van der Waals surface area contributed by atoms with Crippen LogP contribution in [0, 0.1) is 47.8 Å². The van der Waals surface area contributed by atoms with Crippen LogP contribution in [0.15, 0.2) is 70.1 Å². The van der Waals surface area contributed by atoms with Gasteiger partial charge in [0.1, 0.15) is 40.6 Å². The zero-order valence-electron chi connectivity index (χ0n) is 36.8. The minimum absolute atomic E-state index is 0.0622. The Labute approximate surface area is 361 Å². The molecule has 0 radical (unpaired) electrons. The minimum atomic E-state index is -1.74. The number of methoxy groups -OCH3 is 1. The van der Waals surface area contributed by atoms with Crippen molar-refractivity contribution in [3.63, 3.8) is 0 Å². The number of esters is 2. The molecule has 2 bridgehead atoms. The van der Waals surface area contributed by atoms with Crippen LogP contribution in [-0.2, 0) is 33.3 Å². The topological polar surface area (TPSA) is 216 Å². The fourth-order valence-corrected chi connectivity index (χ4v) is 11.8. The fraction of sp³-hybridized carbons (Fsp3) is 0.583. The number of carboxylic acid groups (broad SMARTS) is 1. The molecular formula is C48H60O14. The maximum atomic E-state index is 15.0. The number of allylic oxidation sites excluding steroid dienone is 5. The van der Waals surface area contributed by atoms with E-state index in [-0.39, 0.29) is 35.0 Å². The zero-order valence-corrected chi connectivity index (χ0v) is 36.8. The molecule has 0 unspecified atom stereocenters. The molecule has 14 atom stereocenters. The van der Waals surface area contributed by atoms with E-state index in [2.05, 4.69) is 19.1 Å². The highest BCUT2D eigenvalue weighted by Gasteiger charge is 2.64. The second kappa shape index (κ2) is 16.7. The smallest absolute Gasteiger partial charge is 0.346 e. The summed E-state index contributed by atoms with van der Waals surface area (Å²) in [6, 6.07) is 2.83. The third-order valence-corrected chi connectivity index (χ3v) is 14.7. The standard InChI is InChI=1S/C48H60O14/c1-21-11-10-12-22(2)36-25(5)17-31-33(60-46-39(51)38(50)40(27(7)59-46)61-44(56)34-24(4)16-29(58-9)19-32(34)49)14-13-23(3)37(31)47(36,8)41(52)35-42(53)48(62-45(35)57)20-26(6)30(43(54)55)18-28(48)15-21/h12,15-19,23,26-28,31,33,36-40,46,49-52H,10-11,13-14,20H2,1-9H3,(H,54,55)/b21-15+,22-12+,41-35?/t23-,26+,27+,28+,31+,33-,36+,37+,38-,39+,40+,46-,47+,48-/m0/s1. The number of aromatic hydroxyl groups is 1. The van der Waals surface area contributed by atoms with Gasteiger partial charge in [-0.3, -0.25) is 4.79 Å². The van der Waals surface area contributed by atoms with Crippen molar-refractivity contribution in [2.45, 2.75) is 130 Å². The Morgan fingerprint density at radius 3 is 2.31 bits per heavy atom. The number of fused-ring (bicyclic) bond motifs is 4. The number of carbonyl (C=O) groups excluding carboxylic acids is 3. The monoisotopic (exact) mass is 860 g/mol. The van der Waals surface area contributed by atoms with Crippen molar-refractivity contribution >= 4 is 23.7 Å². The number of hydrogen-bond donors (Lipinski definition) is 5. The van der Waals surface area contributed by atoms with Gasteiger partial charge in [0.05, 0.1) is 19.3 Å². The van der Waals surface area contributed by atoms with Gasteiger partial charge in [-0.25, -0.2) is 14.4 Å². The summed E-state index contributed by atoms with van der Waals surface area (Å²) in [7, 11) is 1.43. The predicted molar refractivity (Wildman–Crippen MR) is 224 cm³/mol. The van der Waals surface area contributed by atoms with E-state index < -0.39 is 107 Å². The minimum Gasteiger partial charge on any atom is -0.511 e. The van der Waals surface area contributed by atoms with Gasteiger partial charge < -0.3 is 49.2 Å². The molecule has 62 heavy (non-hydrogen) atoms. The molecule has 4 aliphatic carbocycles. The quantitative estimate of drug-likeness (QED) is 0.120. The first-order chi connectivity index (χ1) is 29.2. The molecule has 6 aliphatic rings. The predicted octanol–water partition coefficient (Wildman–Crippen LogP) is 6.36. The van der Waals surface area contributed by atoms with Crippen LogP contribution >= 0.6 is 0 Å². The molecule has 1 aromatic carbocycles. The number of aliphatic carboxylic acids is 1. The van der Waals surface area contributed by atoms with E-state index in [1.807, 2.05) is 33.8 Å². The Kier molecular flexibility index (Phi) is 12.2. The van der Waals surface area contributed by atoms with Gasteiger partial charge in [-0.05, 0) is 89.7 Å². The lowest BCUT2D eigenvalue weighted by Crippen LogP contribution is -2.60. The molecule has 14 nitrogen and oxygen atoms in total. The van der Waals surface area contributed by atoms with Crippen molar-refractivity contribution < 1.29 is 68.4 Å². The van der Waals surface area contributed by atoms with Crippen molar-refractivity contribution in [1.82, 2.24) is 0 Å². The van der Waals surface area contributed by atoms with Gasteiger partial charge in [0.2, 0.25) is 5.78 Å². The van der Waals surface area contributed by atoms with E-state index in [0.717, 1.165) is 16.7 Å². The second-order valence-corrected chi connectivity index (χ2v) is 18.7. The maximum Gasteiger partial charge on any atom is 0.346 e. The van der Waals surface area contributed by atoms with Crippen LogP contribution in [0.4, 0.5) is 0 Å². The van der Waals surface area contributed by atoms with Gasteiger partial charge in [0.15, 0.2) is 18.0 Å². The van der Waals surface area contributed by atoms with E-state index in [9.17, 15) is 44.7 Å². The first kappa shape index (κ1) is 45.3. The lowest BCUT2D eigenvalue weighted by Gasteiger charge is -2.56. The number of phenols is 1. The number of carbonyl (C=O) groups is 4. The highest BCUT2D eigenvalue weighted by Crippen LogP contribution is 2.62. The van der Waals surface area contributed by atoms with Gasteiger partial charge in [0, 0.05) is 41.2 Å². The fourth-order valence-electron chi connectivity index (χ4n) is 11.8. The molecular weight excluding hydrogens is 801 g/mol. The number of aryl methyl sites for hydroxylation is 1. The molecule has 2 heterocycles. The van der Waals surface area contributed by atoms with Gasteiger partial charge in [0.25, 0.3) is 0 Å². The van der Waals surface area contributed by atoms with Crippen LogP contribution in [-0.4, -0.2) is 98.7 Å². The summed E-state index contributed by atoms with van der Waals surface area (Å²) in [5.41, 5.74) is -0.289. The van der Waals surface area contributed by atoms with Crippen LogP contribution < -0.4 is 4.74 Å². The molecule has 3 fully saturated rings. The number of ether oxygens (including phenoxy) is 5. The number of phenolic OH excluding ortho intramolecular Hbond substituents is 1. The van der Waals surface area contributed by atoms with Crippen LogP contribution in [0.3, 0.4) is 0 Å². The van der Waals surface area contributed by atoms with Crippen molar-refractivity contribution in [2.24, 2.45) is 40.9 Å². The number of carboxylic acids is 1. The summed E-state index contributed by atoms with van der Waals surface area (Å²) < 4.78 is 29.7. The number of rotatable bonds is 6. The van der Waals surface area contributed by atoms with E-state index in [1.54, 1.807) is 26.8 Å². The summed E-state index contributed by atoms with van der Waals surface area (Å²) in [5.74, 6) is -6.91. The molecule has 1 aromatic rings. The molecule has 336 valence electrons. The van der Waals surface area contributed by atoms with Crippen molar-refractivity contribution in [1.29, 1.82) is 0 Å². The molecule has 7 rings (SSSR count). The molecule has 1 saturated carbocycles. The number of benzene rings is 1. The van der Waals surface area contributed by atoms with Gasteiger partial charge in [-0.2, -0.15) is 0 Å². The van der Waals surface area contributed by atoms with E-state index in [1.165, 1.54) is 19.3 Å². The van der Waals surface area contributed by atoms with Crippen LogP contribution in [0.2, 0.25) is 0 Å². The Bertz CT molecular complexity index is 2170. The zero-order chi connectivity index (χ0) is 45.3. The summed E-state index contributed by atoms with van der Waals surface area (Å²) in [5, 5.41) is 56.3. The number of aliphatic hydroxyl groups excluding tert-OH is 3. The second-order valence-electron chi connectivity index (χ2n) is 18.7. The van der Waals surface area contributed by atoms with Crippen molar-refractivity contribution in [3.8, 4) is 11.5 Å². The highest BCUT2D eigenvalue weighted by molar-refractivity contribution is 6.26. The lowest BCUT2D eigenvalue weighted by atomic mass is 9.49. The SMILES string of the molecule is COc1cc(C)c(C(=O)O[C@H]2[C@@H](O)[C@@H](O)[C@H](O[C@H]3CC[C@H](C)[C@@H]4[C@@H]3C=C(C)[C@H]3/C(C)=C/CC/C(C)=C/[C@@H]5C=C(C(=O)O)[C@H](C)C[C@]56OC(=O)C(=C(O)[C@@]43C)C6=O)O[C@@H]2C)c(O)c1. The molecule has 2 saturated heterocycles. The van der Waals surface area contributed by atoms with E-state index in [4.69, 9.17) is 23.7 Å². The highest BCUT2D eigenvalue weighted by atomic mass is 16.7.